The zero-order valence-electron chi connectivity index (χ0n) is 17.4. The van der Waals surface area contributed by atoms with Gasteiger partial charge >= 0.3 is 0 Å². The Balaban J connectivity index is 2.49. The van der Waals surface area contributed by atoms with E-state index >= 15 is 0 Å². The number of Topliss-reactive ketones (excluding diaryl/α,β-unsaturated/α-hetero) is 2. The van der Waals surface area contributed by atoms with E-state index in [0.29, 0.717) is 31.6 Å². The lowest BCUT2D eigenvalue weighted by Gasteiger charge is -2.18. The van der Waals surface area contributed by atoms with Crippen molar-refractivity contribution in [3.8, 4) is 0 Å². The minimum Gasteiger partial charge on any atom is -0.392 e. The molecular weight excluding hydrogens is 356 g/mol. The van der Waals surface area contributed by atoms with E-state index in [1.54, 1.807) is 12.2 Å². The number of aliphatic hydroxyl groups excluding tert-OH is 3. The van der Waals surface area contributed by atoms with Crippen molar-refractivity contribution in [2.24, 2.45) is 17.8 Å². The predicted molar refractivity (Wildman–Crippen MR) is 111 cm³/mol. The Morgan fingerprint density at radius 1 is 1.29 bits per heavy atom. The van der Waals surface area contributed by atoms with Gasteiger partial charge in [-0.15, -0.1) is 0 Å². The molecule has 28 heavy (non-hydrogen) atoms. The van der Waals surface area contributed by atoms with Crippen LogP contribution in [0.4, 0.5) is 0 Å². The minimum absolute atomic E-state index is 0.0296. The molecule has 0 amide bonds. The largest absolute Gasteiger partial charge is 0.392 e. The number of unbranched alkanes of at least 4 members (excludes halogenated alkanes) is 2. The summed E-state index contributed by atoms with van der Waals surface area (Å²) in [5.74, 6) is -0.194. The van der Waals surface area contributed by atoms with Crippen molar-refractivity contribution in [2.75, 3.05) is 6.61 Å². The van der Waals surface area contributed by atoms with Crippen LogP contribution in [-0.2, 0) is 9.59 Å². The number of hydrogen-bond acceptors (Lipinski definition) is 5. The van der Waals surface area contributed by atoms with E-state index < -0.39 is 18.8 Å². The molecular formula is C23H38O5. The van der Waals surface area contributed by atoms with Crippen molar-refractivity contribution < 1.29 is 24.9 Å². The number of carbonyl (C=O) groups is 2. The summed E-state index contributed by atoms with van der Waals surface area (Å²) in [4.78, 5) is 23.3. The SMILES string of the molecule is CCCC[C@H](C)C[C@H](O)/C=C/[C@H]1C(=O)C[C@H](O)[C@@H]1C/C=C\CCCC(=O)CO. The molecule has 0 aromatic carbocycles. The molecule has 5 atom stereocenters. The Bertz CT molecular complexity index is 525. The molecule has 1 aliphatic rings. The van der Waals surface area contributed by atoms with Crippen LogP contribution in [0.25, 0.3) is 0 Å². The number of rotatable bonds is 14. The fourth-order valence-electron chi connectivity index (χ4n) is 3.80. The van der Waals surface area contributed by atoms with Gasteiger partial charge < -0.3 is 15.3 Å². The van der Waals surface area contributed by atoms with Crippen LogP contribution in [0.5, 0.6) is 0 Å². The summed E-state index contributed by atoms with van der Waals surface area (Å²) in [6.45, 7) is 3.89. The molecule has 160 valence electrons. The van der Waals surface area contributed by atoms with E-state index in [2.05, 4.69) is 13.8 Å². The van der Waals surface area contributed by atoms with Gasteiger partial charge in [-0.05, 0) is 31.6 Å². The van der Waals surface area contributed by atoms with Crippen LogP contribution in [0.15, 0.2) is 24.3 Å². The minimum atomic E-state index is -0.650. The van der Waals surface area contributed by atoms with Gasteiger partial charge in [0.05, 0.1) is 12.2 Å². The molecule has 0 bridgehead atoms. The first-order valence-electron chi connectivity index (χ1n) is 10.7. The highest BCUT2D eigenvalue weighted by Crippen LogP contribution is 2.33. The summed E-state index contributed by atoms with van der Waals surface area (Å²) in [6, 6.07) is 0. The predicted octanol–water partition coefficient (Wildman–Crippen LogP) is 3.36. The summed E-state index contributed by atoms with van der Waals surface area (Å²) in [5, 5.41) is 29.1. The third kappa shape index (κ3) is 9.26. The average Bonchev–Trinajstić information content (AvgIpc) is 2.93. The number of allylic oxidation sites excluding steroid dienone is 3. The average molecular weight is 395 g/mol. The van der Waals surface area contributed by atoms with Crippen LogP contribution in [0, 0.1) is 17.8 Å². The van der Waals surface area contributed by atoms with Gasteiger partial charge in [0.15, 0.2) is 5.78 Å². The monoisotopic (exact) mass is 394 g/mol. The molecule has 0 aliphatic heterocycles. The molecule has 0 spiro atoms. The van der Waals surface area contributed by atoms with Crippen LogP contribution in [0.2, 0.25) is 0 Å². The zero-order chi connectivity index (χ0) is 20.9. The van der Waals surface area contributed by atoms with E-state index in [1.165, 1.54) is 0 Å². The van der Waals surface area contributed by atoms with Gasteiger partial charge in [0.2, 0.25) is 0 Å². The first-order valence-corrected chi connectivity index (χ1v) is 10.7. The fraction of sp³-hybridized carbons (Fsp3) is 0.739. The maximum absolute atomic E-state index is 12.2. The first-order chi connectivity index (χ1) is 13.4. The Morgan fingerprint density at radius 2 is 2.04 bits per heavy atom. The lowest BCUT2D eigenvalue weighted by molar-refractivity contribution is -0.122. The highest BCUT2D eigenvalue weighted by Gasteiger charge is 2.39. The molecule has 0 unspecified atom stereocenters. The summed E-state index contributed by atoms with van der Waals surface area (Å²) in [6.07, 6.45) is 12.9. The van der Waals surface area contributed by atoms with E-state index in [1.807, 2.05) is 12.2 Å². The van der Waals surface area contributed by atoms with Gasteiger partial charge in [-0.2, -0.15) is 0 Å². The van der Waals surface area contributed by atoms with Crippen LogP contribution < -0.4 is 0 Å². The Labute approximate surface area is 169 Å². The second-order valence-electron chi connectivity index (χ2n) is 8.16. The van der Waals surface area contributed by atoms with Crippen molar-refractivity contribution in [1.29, 1.82) is 0 Å². The topological polar surface area (TPSA) is 94.8 Å². The number of carbonyl (C=O) groups excluding carboxylic acids is 2. The highest BCUT2D eigenvalue weighted by molar-refractivity contribution is 5.86. The second kappa shape index (κ2) is 13.8. The molecule has 5 nitrogen and oxygen atoms in total. The maximum atomic E-state index is 12.2. The number of aliphatic hydroxyl groups is 3. The lowest BCUT2D eigenvalue weighted by Crippen LogP contribution is -2.19. The smallest absolute Gasteiger partial charge is 0.158 e. The summed E-state index contributed by atoms with van der Waals surface area (Å²) < 4.78 is 0. The Morgan fingerprint density at radius 3 is 2.71 bits per heavy atom. The molecule has 1 rings (SSSR count). The van der Waals surface area contributed by atoms with Crippen molar-refractivity contribution in [3.05, 3.63) is 24.3 Å². The van der Waals surface area contributed by atoms with E-state index in [0.717, 1.165) is 25.7 Å². The molecule has 0 aromatic rings. The maximum Gasteiger partial charge on any atom is 0.158 e. The second-order valence-corrected chi connectivity index (χ2v) is 8.16. The molecule has 5 heteroatoms. The van der Waals surface area contributed by atoms with Gasteiger partial charge in [0.25, 0.3) is 0 Å². The third-order valence-electron chi connectivity index (χ3n) is 5.55. The molecule has 1 aliphatic carbocycles. The third-order valence-corrected chi connectivity index (χ3v) is 5.55. The van der Waals surface area contributed by atoms with Gasteiger partial charge in [0, 0.05) is 24.7 Å². The van der Waals surface area contributed by atoms with E-state index in [4.69, 9.17) is 5.11 Å². The molecule has 0 saturated heterocycles. The molecule has 1 fully saturated rings. The van der Waals surface area contributed by atoms with Crippen LogP contribution in [0.1, 0.15) is 71.6 Å². The Hall–Kier alpha value is -1.30. The van der Waals surface area contributed by atoms with Gasteiger partial charge in [-0.25, -0.2) is 0 Å². The quantitative estimate of drug-likeness (QED) is 0.310. The number of hydrogen-bond donors (Lipinski definition) is 3. The van der Waals surface area contributed by atoms with Crippen molar-refractivity contribution >= 4 is 11.6 Å². The van der Waals surface area contributed by atoms with E-state index in [9.17, 15) is 19.8 Å². The normalized spacial score (nSPS) is 25.0. The van der Waals surface area contributed by atoms with Crippen LogP contribution in [0.3, 0.4) is 0 Å². The van der Waals surface area contributed by atoms with Crippen molar-refractivity contribution in [3.63, 3.8) is 0 Å². The molecule has 0 heterocycles. The lowest BCUT2D eigenvalue weighted by atomic mass is 9.89. The van der Waals surface area contributed by atoms with Gasteiger partial charge in [0.1, 0.15) is 12.4 Å². The zero-order valence-corrected chi connectivity index (χ0v) is 17.4. The van der Waals surface area contributed by atoms with Crippen molar-refractivity contribution in [1.82, 2.24) is 0 Å². The molecule has 3 N–H and O–H groups in total. The van der Waals surface area contributed by atoms with Crippen molar-refractivity contribution in [2.45, 2.75) is 83.8 Å². The summed E-state index contributed by atoms with van der Waals surface area (Å²) in [7, 11) is 0. The van der Waals surface area contributed by atoms with E-state index in [-0.39, 0.29) is 29.8 Å². The van der Waals surface area contributed by atoms with Gasteiger partial charge in [-0.3, -0.25) is 9.59 Å². The Kier molecular flexibility index (Phi) is 12.2. The highest BCUT2D eigenvalue weighted by atomic mass is 16.3. The fourth-order valence-corrected chi connectivity index (χ4v) is 3.80. The van der Waals surface area contributed by atoms with Gasteiger partial charge in [-0.1, -0.05) is 57.4 Å². The molecule has 1 saturated carbocycles. The summed E-state index contributed by atoms with van der Waals surface area (Å²) in [5.41, 5.74) is 0. The summed E-state index contributed by atoms with van der Waals surface area (Å²) >= 11 is 0. The van der Waals surface area contributed by atoms with Crippen LogP contribution >= 0.6 is 0 Å². The first kappa shape index (κ1) is 24.7. The molecule has 0 radical (unpaired) electrons. The standard InChI is InChI=1S/C23H38O5/c1-3-4-9-17(2)14-18(25)12-13-21-20(22(27)15-23(21)28)11-8-6-5-7-10-19(26)16-24/h6,8,12-13,17-18,20-22,24-25,27H,3-5,7,9-11,14-16H2,1-2H3/b8-6-,13-12+/t17-,18+,20+,21+,22-/m0/s1. The molecule has 0 aromatic heterocycles. The number of ketones is 2. The van der Waals surface area contributed by atoms with Crippen LogP contribution in [-0.4, -0.2) is 45.7 Å².